The number of carbonyl (C=O) groups is 1. The van der Waals surface area contributed by atoms with Gasteiger partial charge in [-0.05, 0) is 30.2 Å². The fourth-order valence-electron chi connectivity index (χ4n) is 1.73. The summed E-state index contributed by atoms with van der Waals surface area (Å²) in [5.74, 6) is -0.589. The molecule has 1 aromatic carbocycles. The first kappa shape index (κ1) is 14.3. The molecule has 0 aliphatic rings. The van der Waals surface area contributed by atoms with Gasteiger partial charge in [-0.3, -0.25) is 4.79 Å². The van der Waals surface area contributed by atoms with Gasteiger partial charge >= 0.3 is 5.97 Å². The Bertz CT molecular complexity index is 391. The molecule has 4 heteroatoms. The van der Waals surface area contributed by atoms with Crippen molar-refractivity contribution in [2.24, 2.45) is 0 Å². The molecule has 0 amide bonds. The summed E-state index contributed by atoms with van der Waals surface area (Å²) in [7, 11) is 1.39. The predicted octanol–water partition coefficient (Wildman–Crippen LogP) is 4.44. The Morgan fingerprint density at radius 3 is 2.71 bits per heavy atom. The van der Waals surface area contributed by atoms with Crippen molar-refractivity contribution >= 4 is 29.2 Å². The first-order chi connectivity index (χ1) is 8.10. The van der Waals surface area contributed by atoms with Gasteiger partial charge in [0.25, 0.3) is 0 Å². The molecule has 1 unspecified atom stereocenters. The van der Waals surface area contributed by atoms with E-state index in [9.17, 15) is 4.79 Å². The summed E-state index contributed by atoms with van der Waals surface area (Å²) in [6, 6.07) is 5.16. The van der Waals surface area contributed by atoms with E-state index in [0.717, 1.165) is 24.8 Å². The van der Waals surface area contributed by atoms with Crippen LogP contribution in [0.3, 0.4) is 0 Å². The van der Waals surface area contributed by atoms with Crippen molar-refractivity contribution in [3.63, 3.8) is 0 Å². The van der Waals surface area contributed by atoms with Gasteiger partial charge in [-0.2, -0.15) is 0 Å². The molecule has 0 spiro atoms. The molecule has 0 saturated carbocycles. The Morgan fingerprint density at radius 1 is 1.41 bits per heavy atom. The van der Waals surface area contributed by atoms with Gasteiger partial charge in [0.2, 0.25) is 0 Å². The van der Waals surface area contributed by atoms with Crippen LogP contribution < -0.4 is 0 Å². The Hall–Kier alpha value is -0.730. The van der Waals surface area contributed by atoms with Gasteiger partial charge < -0.3 is 4.74 Å². The smallest absolute Gasteiger partial charge is 0.313 e. The number of hydrogen-bond acceptors (Lipinski definition) is 2. The fourth-order valence-corrected chi connectivity index (χ4v) is 2.16. The van der Waals surface area contributed by atoms with E-state index in [2.05, 4.69) is 6.92 Å². The third kappa shape index (κ3) is 3.90. The van der Waals surface area contributed by atoms with Crippen molar-refractivity contribution in [2.45, 2.75) is 32.1 Å². The van der Waals surface area contributed by atoms with Crippen LogP contribution >= 0.6 is 23.2 Å². The van der Waals surface area contributed by atoms with E-state index in [0.29, 0.717) is 10.0 Å². The van der Waals surface area contributed by atoms with Gasteiger partial charge in [0.05, 0.1) is 13.0 Å². The second-order valence-electron chi connectivity index (χ2n) is 3.88. The second-order valence-corrected chi connectivity index (χ2v) is 4.73. The van der Waals surface area contributed by atoms with Crippen LogP contribution in [0, 0.1) is 0 Å². The van der Waals surface area contributed by atoms with E-state index < -0.39 is 0 Å². The average Bonchev–Trinajstić information content (AvgIpc) is 2.33. The lowest BCUT2D eigenvalue weighted by molar-refractivity contribution is -0.142. The summed E-state index contributed by atoms with van der Waals surface area (Å²) in [5, 5.41) is 1.13. The van der Waals surface area contributed by atoms with Crippen molar-refractivity contribution in [2.75, 3.05) is 7.11 Å². The zero-order valence-electron chi connectivity index (χ0n) is 10.0. The van der Waals surface area contributed by atoms with Crippen molar-refractivity contribution in [3.8, 4) is 0 Å². The summed E-state index contributed by atoms with van der Waals surface area (Å²) in [4.78, 5) is 11.8. The van der Waals surface area contributed by atoms with Crippen LogP contribution in [-0.4, -0.2) is 13.1 Å². The normalized spacial score (nSPS) is 12.2. The van der Waals surface area contributed by atoms with Crippen molar-refractivity contribution < 1.29 is 9.53 Å². The Morgan fingerprint density at radius 2 is 2.12 bits per heavy atom. The third-order valence-electron chi connectivity index (χ3n) is 2.67. The van der Waals surface area contributed by atoms with Crippen LogP contribution in [0.4, 0.5) is 0 Å². The number of ether oxygens (including phenoxy) is 1. The zero-order valence-corrected chi connectivity index (χ0v) is 11.5. The highest BCUT2D eigenvalue weighted by atomic mass is 35.5. The molecule has 0 heterocycles. The number of unbranched alkanes of at least 4 members (excludes halogenated alkanes) is 1. The molecule has 0 aromatic heterocycles. The van der Waals surface area contributed by atoms with Gasteiger partial charge in [-0.1, -0.05) is 43.0 Å². The van der Waals surface area contributed by atoms with E-state index >= 15 is 0 Å². The molecule has 0 aliphatic carbocycles. The molecule has 1 atom stereocenters. The molecule has 2 nitrogen and oxygen atoms in total. The largest absolute Gasteiger partial charge is 0.469 e. The molecule has 1 rings (SSSR count). The van der Waals surface area contributed by atoms with Crippen LogP contribution in [0.1, 0.15) is 37.7 Å². The third-order valence-corrected chi connectivity index (χ3v) is 3.24. The van der Waals surface area contributed by atoms with Gasteiger partial charge in [0.15, 0.2) is 0 Å². The first-order valence-electron chi connectivity index (χ1n) is 5.63. The van der Waals surface area contributed by atoms with E-state index in [-0.39, 0.29) is 11.9 Å². The maximum absolute atomic E-state index is 11.8. The lowest BCUT2D eigenvalue weighted by Gasteiger charge is -2.16. The zero-order chi connectivity index (χ0) is 12.8. The van der Waals surface area contributed by atoms with Crippen molar-refractivity contribution in [1.29, 1.82) is 0 Å². The lowest BCUT2D eigenvalue weighted by atomic mass is 9.93. The van der Waals surface area contributed by atoms with Crippen LogP contribution in [0.25, 0.3) is 0 Å². The summed E-state index contributed by atoms with van der Waals surface area (Å²) in [5.41, 5.74) is 0.750. The molecule has 0 saturated heterocycles. The van der Waals surface area contributed by atoms with Gasteiger partial charge in [0.1, 0.15) is 0 Å². The van der Waals surface area contributed by atoms with E-state index in [1.165, 1.54) is 7.11 Å². The maximum atomic E-state index is 11.8. The summed E-state index contributed by atoms with van der Waals surface area (Å²) < 4.78 is 4.82. The highest BCUT2D eigenvalue weighted by Gasteiger charge is 2.23. The summed E-state index contributed by atoms with van der Waals surface area (Å²) in [6.45, 7) is 2.08. The monoisotopic (exact) mass is 274 g/mol. The number of rotatable bonds is 5. The Balaban J connectivity index is 3.02. The minimum atomic E-state index is -0.328. The number of hydrogen-bond donors (Lipinski definition) is 0. The van der Waals surface area contributed by atoms with E-state index in [1.54, 1.807) is 18.2 Å². The molecule has 0 N–H and O–H groups in total. The quantitative estimate of drug-likeness (QED) is 0.742. The highest BCUT2D eigenvalue weighted by molar-refractivity contribution is 6.33. The number of methoxy groups -OCH3 is 1. The number of benzene rings is 1. The second kappa shape index (κ2) is 6.87. The van der Waals surface area contributed by atoms with Gasteiger partial charge in [-0.25, -0.2) is 0 Å². The molecule has 94 valence electrons. The molecule has 1 aromatic rings. The SMILES string of the molecule is CCCCC(C(=O)OC)c1cc(Cl)ccc1Cl. The van der Waals surface area contributed by atoms with E-state index in [1.807, 2.05) is 0 Å². The molecular formula is C13H16Cl2O2. The van der Waals surface area contributed by atoms with Gasteiger partial charge in [0, 0.05) is 10.0 Å². The van der Waals surface area contributed by atoms with Crippen molar-refractivity contribution in [3.05, 3.63) is 33.8 Å². The van der Waals surface area contributed by atoms with E-state index in [4.69, 9.17) is 27.9 Å². The summed E-state index contributed by atoms with van der Waals surface area (Å²) in [6.07, 6.45) is 2.69. The fraction of sp³-hybridized carbons (Fsp3) is 0.462. The molecular weight excluding hydrogens is 259 g/mol. The average molecular weight is 275 g/mol. The van der Waals surface area contributed by atoms with Crippen LogP contribution in [0.5, 0.6) is 0 Å². The molecule has 0 aliphatic heterocycles. The number of carbonyl (C=O) groups excluding carboxylic acids is 1. The first-order valence-corrected chi connectivity index (χ1v) is 6.38. The minimum absolute atomic E-state index is 0.261. The number of halogens is 2. The Labute approximate surface area is 112 Å². The number of esters is 1. The van der Waals surface area contributed by atoms with Crippen LogP contribution in [0.15, 0.2) is 18.2 Å². The molecule has 0 fully saturated rings. The minimum Gasteiger partial charge on any atom is -0.469 e. The summed E-state index contributed by atoms with van der Waals surface area (Å²) >= 11 is 12.0. The van der Waals surface area contributed by atoms with Gasteiger partial charge in [-0.15, -0.1) is 0 Å². The predicted molar refractivity (Wildman–Crippen MR) is 70.7 cm³/mol. The molecule has 0 bridgehead atoms. The molecule has 0 radical (unpaired) electrons. The Kier molecular flexibility index (Phi) is 5.79. The lowest BCUT2D eigenvalue weighted by Crippen LogP contribution is -2.14. The highest BCUT2D eigenvalue weighted by Crippen LogP contribution is 2.31. The standard InChI is InChI=1S/C13H16Cl2O2/c1-3-4-5-10(13(16)17-2)11-8-9(14)6-7-12(11)15/h6-8,10H,3-5H2,1-2H3. The van der Waals surface area contributed by atoms with Crippen LogP contribution in [-0.2, 0) is 9.53 Å². The van der Waals surface area contributed by atoms with Crippen molar-refractivity contribution in [1.82, 2.24) is 0 Å². The molecule has 17 heavy (non-hydrogen) atoms. The maximum Gasteiger partial charge on any atom is 0.313 e. The van der Waals surface area contributed by atoms with Crippen LogP contribution in [0.2, 0.25) is 10.0 Å². The topological polar surface area (TPSA) is 26.3 Å².